The number of hydrogen-bond acceptors (Lipinski definition) is 3. The van der Waals surface area contributed by atoms with Gasteiger partial charge in [0.15, 0.2) is 0 Å². The Balaban J connectivity index is 1.55. The van der Waals surface area contributed by atoms with Gasteiger partial charge in [-0.3, -0.25) is 9.69 Å². The number of carboxylic acid groups (broad SMARTS) is 1. The number of aliphatic carboxylic acids is 1. The Bertz CT molecular complexity index is 712. The van der Waals surface area contributed by atoms with Gasteiger partial charge in [0, 0.05) is 24.3 Å². The van der Waals surface area contributed by atoms with Crippen LogP contribution in [0.2, 0.25) is 0 Å². The van der Waals surface area contributed by atoms with E-state index in [1.165, 1.54) is 19.3 Å². The van der Waals surface area contributed by atoms with E-state index in [1.807, 2.05) is 47.4 Å². The summed E-state index contributed by atoms with van der Waals surface area (Å²) in [5, 5.41) is 14.1. The lowest BCUT2D eigenvalue weighted by molar-refractivity contribution is -0.142. The van der Waals surface area contributed by atoms with Gasteiger partial charge in [-0.15, -0.1) is 0 Å². The van der Waals surface area contributed by atoms with E-state index in [0.29, 0.717) is 18.5 Å². The van der Waals surface area contributed by atoms with Crippen LogP contribution in [0.4, 0.5) is 0 Å². The smallest absolute Gasteiger partial charge is 0.320 e. The molecule has 0 radical (unpaired) electrons. The summed E-state index contributed by atoms with van der Waals surface area (Å²) in [6.07, 6.45) is 9.44. The summed E-state index contributed by atoms with van der Waals surface area (Å²) < 4.78 is 1.86. The molecule has 2 heterocycles. The fraction of sp³-hybridized carbons (Fsp3) is 0.474. The molecule has 0 bridgehead atoms. The number of carbonyl (C=O) groups is 1. The summed E-state index contributed by atoms with van der Waals surface area (Å²) in [6.45, 7) is 0.672. The van der Waals surface area contributed by atoms with Gasteiger partial charge in [-0.2, -0.15) is 5.10 Å². The minimum Gasteiger partial charge on any atom is -0.480 e. The van der Waals surface area contributed by atoms with Crippen molar-refractivity contribution in [3.05, 3.63) is 48.3 Å². The Morgan fingerprint density at radius 2 is 2.00 bits per heavy atom. The van der Waals surface area contributed by atoms with E-state index in [-0.39, 0.29) is 6.04 Å². The maximum Gasteiger partial charge on any atom is 0.320 e. The predicted octanol–water partition coefficient (Wildman–Crippen LogP) is 3.09. The van der Waals surface area contributed by atoms with Gasteiger partial charge >= 0.3 is 5.97 Å². The topological polar surface area (TPSA) is 58.4 Å². The molecule has 3 atom stereocenters. The Kier molecular flexibility index (Phi) is 4.10. The summed E-state index contributed by atoms with van der Waals surface area (Å²) in [4.78, 5) is 13.9. The number of hydrogen-bond donors (Lipinski definition) is 1. The first-order valence-corrected chi connectivity index (χ1v) is 8.80. The molecule has 24 heavy (non-hydrogen) atoms. The molecule has 1 aliphatic carbocycles. The van der Waals surface area contributed by atoms with Crippen LogP contribution in [0.5, 0.6) is 0 Å². The molecule has 2 aromatic rings. The average Bonchev–Trinajstić information content (AvgIpc) is 3.21. The molecular weight excluding hydrogens is 302 g/mol. The van der Waals surface area contributed by atoms with Crippen molar-refractivity contribution in [3.8, 4) is 5.69 Å². The zero-order valence-corrected chi connectivity index (χ0v) is 13.7. The van der Waals surface area contributed by atoms with Gasteiger partial charge in [-0.05, 0) is 37.3 Å². The summed E-state index contributed by atoms with van der Waals surface area (Å²) in [5.74, 6) is -0.135. The average molecular weight is 325 g/mol. The lowest BCUT2D eigenvalue weighted by atomic mass is 9.85. The number of aromatic nitrogens is 2. The van der Waals surface area contributed by atoms with Crippen molar-refractivity contribution in [2.24, 2.45) is 5.92 Å². The van der Waals surface area contributed by atoms with E-state index in [2.05, 4.69) is 10.00 Å². The standard InChI is InChI=1S/C19H23N3O2/c23-19(24)18-10-15-6-4-5-9-17(15)21(18)12-14-11-20-22(13-14)16-7-2-1-3-8-16/h1-3,7-8,11,13,15,17-18H,4-6,9-10,12H2,(H,23,24). The Labute approximate surface area is 141 Å². The van der Waals surface area contributed by atoms with Crippen molar-refractivity contribution in [1.29, 1.82) is 0 Å². The minimum atomic E-state index is -0.681. The normalized spacial score (nSPS) is 27.1. The molecule has 0 amide bonds. The highest BCUT2D eigenvalue weighted by Crippen LogP contribution is 2.40. The van der Waals surface area contributed by atoms with Crippen molar-refractivity contribution < 1.29 is 9.90 Å². The van der Waals surface area contributed by atoms with E-state index in [4.69, 9.17) is 0 Å². The number of nitrogens with zero attached hydrogens (tertiary/aromatic N) is 3. The van der Waals surface area contributed by atoms with Gasteiger partial charge in [-0.1, -0.05) is 31.0 Å². The van der Waals surface area contributed by atoms with Crippen LogP contribution >= 0.6 is 0 Å². The van der Waals surface area contributed by atoms with Gasteiger partial charge < -0.3 is 5.11 Å². The van der Waals surface area contributed by atoms with Crippen LogP contribution in [-0.4, -0.2) is 37.8 Å². The van der Waals surface area contributed by atoms with Crippen LogP contribution in [0.15, 0.2) is 42.7 Å². The monoisotopic (exact) mass is 325 g/mol. The van der Waals surface area contributed by atoms with Crippen molar-refractivity contribution in [2.75, 3.05) is 0 Å². The van der Waals surface area contributed by atoms with Gasteiger partial charge in [-0.25, -0.2) is 4.68 Å². The van der Waals surface area contributed by atoms with E-state index in [1.54, 1.807) is 0 Å². The molecule has 1 saturated heterocycles. The van der Waals surface area contributed by atoms with E-state index < -0.39 is 5.97 Å². The largest absolute Gasteiger partial charge is 0.480 e. The highest BCUT2D eigenvalue weighted by Gasteiger charge is 2.45. The van der Waals surface area contributed by atoms with Gasteiger partial charge in [0.25, 0.3) is 0 Å². The second-order valence-corrected chi connectivity index (χ2v) is 7.00. The van der Waals surface area contributed by atoms with Crippen molar-refractivity contribution in [3.63, 3.8) is 0 Å². The van der Waals surface area contributed by atoms with Crippen LogP contribution in [0.25, 0.3) is 5.69 Å². The maximum atomic E-state index is 11.7. The molecule has 1 aliphatic heterocycles. The predicted molar refractivity (Wildman–Crippen MR) is 90.9 cm³/mol. The SMILES string of the molecule is O=C(O)C1CC2CCCCC2N1Cc1cnn(-c2ccccc2)c1. The quantitative estimate of drug-likeness (QED) is 0.938. The number of likely N-dealkylation sites (tertiary alicyclic amines) is 1. The summed E-state index contributed by atoms with van der Waals surface area (Å²) >= 11 is 0. The number of para-hydroxylation sites is 1. The van der Waals surface area contributed by atoms with E-state index >= 15 is 0 Å². The Morgan fingerprint density at radius 3 is 2.79 bits per heavy atom. The number of carboxylic acids is 1. The summed E-state index contributed by atoms with van der Waals surface area (Å²) in [6, 6.07) is 10.1. The second-order valence-electron chi connectivity index (χ2n) is 7.00. The molecular formula is C19H23N3O2. The van der Waals surface area contributed by atoms with Crippen LogP contribution in [0.1, 0.15) is 37.7 Å². The van der Waals surface area contributed by atoms with Crippen LogP contribution in [0, 0.1) is 5.92 Å². The first-order valence-electron chi connectivity index (χ1n) is 8.80. The Morgan fingerprint density at radius 1 is 1.21 bits per heavy atom. The van der Waals surface area contributed by atoms with Gasteiger partial charge in [0.05, 0.1) is 11.9 Å². The molecule has 0 spiro atoms. The fourth-order valence-electron chi connectivity index (χ4n) is 4.40. The minimum absolute atomic E-state index is 0.349. The molecule has 1 aromatic heterocycles. The van der Waals surface area contributed by atoms with Crippen molar-refractivity contribution in [2.45, 2.75) is 50.7 Å². The molecule has 2 aliphatic rings. The number of fused-ring (bicyclic) bond motifs is 1. The molecule has 2 fully saturated rings. The molecule has 1 saturated carbocycles. The summed E-state index contributed by atoms with van der Waals surface area (Å²) in [7, 11) is 0. The third-order valence-electron chi connectivity index (χ3n) is 5.53. The maximum absolute atomic E-state index is 11.7. The molecule has 3 unspecified atom stereocenters. The van der Waals surface area contributed by atoms with Gasteiger partial charge in [0.2, 0.25) is 0 Å². The second kappa shape index (κ2) is 6.40. The third-order valence-corrected chi connectivity index (χ3v) is 5.53. The highest BCUT2D eigenvalue weighted by molar-refractivity contribution is 5.74. The molecule has 1 aromatic carbocycles. The van der Waals surface area contributed by atoms with E-state index in [0.717, 1.165) is 24.1 Å². The molecule has 5 heteroatoms. The lowest BCUT2D eigenvalue weighted by Gasteiger charge is -2.32. The Hall–Kier alpha value is -2.14. The zero-order chi connectivity index (χ0) is 16.5. The van der Waals surface area contributed by atoms with Crippen molar-refractivity contribution >= 4 is 5.97 Å². The van der Waals surface area contributed by atoms with Crippen LogP contribution < -0.4 is 0 Å². The van der Waals surface area contributed by atoms with E-state index in [9.17, 15) is 9.90 Å². The van der Waals surface area contributed by atoms with Gasteiger partial charge in [0.1, 0.15) is 6.04 Å². The van der Waals surface area contributed by atoms with Crippen LogP contribution in [0.3, 0.4) is 0 Å². The molecule has 4 rings (SSSR count). The first-order chi connectivity index (χ1) is 11.7. The number of benzene rings is 1. The summed E-state index contributed by atoms with van der Waals surface area (Å²) in [5.41, 5.74) is 2.10. The molecule has 1 N–H and O–H groups in total. The van der Waals surface area contributed by atoms with Crippen LogP contribution in [-0.2, 0) is 11.3 Å². The molecule has 126 valence electrons. The zero-order valence-electron chi connectivity index (χ0n) is 13.7. The lowest BCUT2D eigenvalue weighted by Crippen LogP contribution is -2.41. The first kappa shape index (κ1) is 15.4. The third kappa shape index (κ3) is 2.84. The highest BCUT2D eigenvalue weighted by atomic mass is 16.4. The fourth-order valence-corrected chi connectivity index (χ4v) is 4.40. The molecule has 5 nitrogen and oxygen atoms in total. The number of rotatable bonds is 4. The van der Waals surface area contributed by atoms with Crippen molar-refractivity contribution in [1.82, 2.24) is 14.7 Å².